The smallest absolute Gasteiger partial charge is 0.105 e. The van der Waals surface area contributed by atoms with Gasteiger partial charge in [0, 0.05) is 0 Å². The van der Waals surface area contributed by atoms with Gasteiger partial charge in [-0.05, 0) is 6.66 Å². The van der Waals surface area contributed by atoms with Crippen LogP contribution in [0.5, 0.6) is 0 Å². The molecule has 0 radical (unpaired) electrons. The lowest BCUT2D eigenvalue weighted by Crippen LogP contribution is -1.75. The first-order chi connectivity index (χ1) is 2.27. The third-order valence-electron chi connectivity index (χ3n) is 0.158. The van der Waals surface area contributed by atoms with Crippen LogP contribution in [-0.2, 0) is 0 Å². The Hall–Kier alpha value is -0.0100. The van der Waals surface area contributed by atoms with Crippen LogP contribution in [0.25, 0.3) is 0 Å². The van der Waals surface area contributed by atoms with Crippen LogP contribution in [0, 0.1) is 5.53 Å². The SMILES string of the molecule is CP(N)N=N. The fraction of sp³-hybridized carbons (Fsp3) is 1.00. The first-order valence-corrected chi connectivity index (χ1v) is 2.94. The molecule has 5 heavy (non-hydrogen) atoms. The molecule has 0 aliphatic carbocycles. The Morgan fingerprint density at radius 2 is 2.20 bits per heavy atom. The maximum atomic E-state index is 6.19. The van der Waals surface area contributed by atoms with E-state index < -0.39 is 8.22 Å². The van der Waals surface area contributed by atoms with Crippen LogP contribution in [0.1, 0.15) is 0 Å². The van der Waals surface area contributed by atoms with Crippen molar-refractivity contribution in [2.75, 3.05) is 6.66 Å². The fourth-order valence-electron chi connectivity index (χ4n) is 0. The Morgan fingerprint density at radius 3 is 2.20 bits per heavy atom. The lowest BCUT2D eigenvalue weighted by atomic mass is 12.0. The fourth-order valence-corrected chi connectivity index (χ4v) is 0. The normalized spacial score (nSPS) is 14.0. The van der Waals surface area contributed by atoms with E-state index in [1.807, 2.05) is 0 Å². The number of nitrogens with two attached hydrogens (primary N) is 1. The molecule has 0 fully saturated rings. The van der Waals surface area contributed by atoms with Crippen molar-refractivity contribution in [1.82, 2.24) is 0 Å². The highest BCUT2D eigenvalue weighted by Crippen LogP contribution is 2.17. The van der Waals surface area contributed by atoms with Gasteiger partial charge in [0.2, 0.25) is 0 Å². The van der Waals surface area contributed by atoms with E-state index in [-0.39, 0.29) is 0 Å². The van der Waals surface area contributed by atoms with E-state index in [0.29, 0.717) is 0 Å². The van der Waals surface area contributed by atoms with Crippen molar-refractivity contribution in [2.24, 2.45) is 10.4 Å². The molecule has 4 heteroatoms. The molecule has 0 amide bonds. The molecule has 0 aliphatic heterocycles. The summed E-state index contributed by atoms with van der Waals surface area (Å²) in [7, 11) is -0.807. The van der Waals surface area contributed by atoms with Crippen molar-refractivity contribution in [2.45, 2.75) is 0 Å². The first kappa shape index (κ1) is 4.99. The number of nitrogens with zero attached hydrogens (tertiary/aromatic N) is 1. The standard InChI is InChI=1S/CH6N3P/c1-5(3)4-2/h2H,3H2,1H3. The van der Waals surface area contributed by atoms with Crippen molar-refractivity contribution in [3.05, 3.63) is 0 Å². The minimum Gasteiger partial charge on any atom is -0.290 e. The molecule has 0 rings (SSSR count). The highest BCUT2D eigenvalue weighted by Gasteiger charge is 1.76. The molecular weight excluding hydrogens is 85.0 g/mol. The molecule has 3 N–H and O–H groups in total. The second-order valence-corrected chi connectivity index (χ2v) is 2.02. The zero-order valence-corrected chi connectivity index (χ0v) is 3.87. The summed E-state index contributed by atoms with van der Waals surface area (Å²) in [5.74, 6) is 0. The highest BCUT2D eigenvalue weighted by molar-refractivity contribution is 7.52. The number of hydrogen-bond donors (Lipinski definition) is 2. The predicted octanol–water partition coefficient (Wildman–Crippen LogP) is 0.918. The van der Waals surface area contributed by atoms with Crippen LogP contribution in [0.4, 0.5) is 0 Å². The maximum absolute atomic E-state index is 6.19. The maximum Gasteiger partial charge on any atom is 0.105 e. The van der Waals surface area contributed by atoms with Crippen LogP contribution in [0.3, 0.4) is 0 Å². The molecule has 0 bridgehead atoms. The van der Waals surface area contributed by atoms with Crippen LogP contribution in [0.15, 0.2) is 4.88 Å². The van der Waals surface area contributed by atoms with Crippen LogP contribution in [-0.4, -0.2) is 6.66 Å². The molecule has 1 atom stereocenters. The summed E-state index contributed by atoms with van der Waals surface area (Å²) in [6, 6.07) is 0. The Kier molecular flexibility index (Phi) is 2.24. The topological polar surface area (TPSA) is 62.2 Å². The van der Waals surface area contributed by atoms with E-state index in [1.165, 1.54) is 0 Å². The van der Waals surface area contributed by atoms with Crippen LogP contribution < -0.4 is 5.50 Å². The van der Waals surface area contributed by atoms with Gasteiger partial charge < -0.3 is 0 Å². The van der Waals surface area contributed by atoms with Crippen molar-refractivity contribution in [1.29, 1.82) is 5.53 Å². The van der Waals surface area contributed by atoms with Crippen molar-refractivity contribution >= 4 is 8.22 Å². The number of nitrogens with one attached hydrogen (secondary N) is 1. The van der Waals surface area contributed by atoms with Gasteiger partial charge in [0.1, 0.15) is 8.22 Å². The summed E-state index contributed by atoms with van der Waals surface area (Å²) in [4.78, 5) is 2.98. The number of rotatable bonds is 1. The second kappa shape index (κ2) is 2.24. The lowest BCUT2D eigenvalue weighted by molar-refractivity contribution is 1.23. The average Bonchev–Trinajstić information content (AvgIpc) is 1.38. The molecular formula is CH6N3P. The summed E-state index contributed by atoms with van der Waals surface area (Å²) in [6.07, 6.45) is 0. The molecule has 1 unspecified atom stereocenters. The van der Waals surface area contributed by atoms with E-state index >= 15 is 0 Å². The highest BCUT2D eigenvalue weighted by atomic mass is 31.1. The van der Waals surface area contributed by atoms with Crippen molar-refractivity contribution < 1.29 is 0 Å². The van der Waals surface area contributed by atoms with Crippen LogP contribution in [0.2, 0.25) is 0 Å². The van der Waals surface area contributed by atoms with Gasteiger partial charge in [-0.2, -0.15) is 4.88 Å². The molecule has 0 aromatic carbocycles. The Labute approximate surface area is 31.9 Å². The van der Waals surface area contributed by atoms with E-state index in [1.54, 1.807) is 6.66 Å². The zero-order valence-electron chi connectivity index (χ0n) is 2.97. The second-order valence-electron chi connectivity index (χ2n) is 0.674. The molecule has 0 saturated heterocycles. The van der Waals surface area contributed by atoms with Gasteiger partial charge in [-0.25, -0.2) is 5.53 Å². The zero-order chi connectivity index (χ0) is 4.28. The van der Waals surface area contributed by atoms with Gasteiger partial charge in [-0.1, -0.05) is 0 Å². The van der Waals surface area contributed by atoms with Gasteiger partial charge in [-0.15, -0.1) is 0 Å². The van der Waals surface area contributed by atoms with Crippen molar-refractivity contribution in [3.8, 4) is 0 Å². The third kappa shape index (κ3) is 3.99. The number of hydrogen-bond acceptors (Lipinski definition) is 3. The Balaban J connectivity index is 2.83. The van der Waals surface area contributed by atoms with Gasteiger partial charge in [0.05, 0.1) is 0 Å². The van der Waals surface area contributed by atoms with E-state index in [0.717, 1.165) is 0 Å². The molecule has 0 aromatic rings. The van der Waals surface area contributed by atoms with Gasteiger partial charge >= 0.3 is 0 Å². The molecule has 3 nitrogen and oxygen atoms in total. The Morgan fingerprint density at radius 1 is 2.00 bits per heavy atom. The lowest BCUT2D eigenvalue weighted by Gasteiger charge is -1.83. The molecule has 0 aliphatic rings. The Bertz CT molecular complexity index is 33.9. The molecule has 0 spiro atoms. The summed E-state index contributed by atoms with van der Waals surface area (Å²) in [5.41, 5.74) is 11.2. The minimum atomic E-state index is -0.807. The third-order valence-corrected chi connectivity index (χ3v) is 0.473. The van der Waals surface area contributed by atoms with Crippen molar-refractivity contribution in [3.63, 3.8) is 0 Å². The molecule has 0 heterocycles. The quantitative estimate of drug-likeness (QED) is 0.365. The predicted molar refractivity (Wildman–Crippen MR) is 22.2 cm³/mol. The minimum absolute atomic E-state index is 0.807. The van der Waals surface area contributed by atoms with Gasteiger partial charge in [0.25, 0.3) is 0 Å². The van der Waals surface area contributed by atoms with E-state index in [9.17, 15) is 0 Å². The van der Waals surface area contributed by atoms with E-state index in [4.69, 9.17) is 11.0 Å². The first-order valence-electron chi connectivity index (χ1n) is 1.13. The summed E-state index contributed by atoms with van der Waals surface area (Å²) >= 11 is 0. The monoisotopic (exact) mass is 91.0 g/mol. The molecule has 0 saturated carbocycles. The summed E-state index contributed by atoms with van der Waals surface area (Å²) in [5, 5.41) is 0. The molecule has 30 valence electrons. The van der Waals surface area contributed by atoms with Crippen LogP contribution >= 0.6 is 8.22 Å². The van der Waals surface area contributed by atoms with Gasteiger partial charge in [0.15, 0.2) is 0 Å². The summed E-state index contributed by atoms with van der Waals surface area (Å²) < 4.78 is 0. The largest absolute Gasteiger partial charge is 0.290 e. The molecule has 0 aromatic heterocycles. The summed E-state index contributed by atoms with van der Waals surface area (Å²) in [6.45, 7) is 1.71. The van der Waals surface area contributed by atoms with E-state index in [2.05, 4.69) is 4.88 Å². The average molecular weight is 91.1 g/mol. The van der Waals surface area contributed by atoms with Gasteiger partial charge in [-0.3, -0.25) is 5.50 Å².